The normalized spacial score (nSPS) is 10.4. The van der Waals surface area contributed by atoms with Gasteiger partial charge in [0.25, 0.3) is 0 Å². The van der Waals surface area contributed by atoms with E-state index in [9.17, 15) is 0 Å². The molecular formula is C48H62Cl2HgN6P2+2. The van der Waals surface area contributed by atoms with Crippen LogP contribution in [0.25, 0.3) is 0 Å². The molecule has 0 aliphatic carbocycles. The van der Waals surface area contributed by atoms with Crippen LogP contribution in [0.15, 0.2) is 146 Å². The summed E-state index contributed by atoms with van der Waals surface area (Å²) in [5, 5.41) is 8.45. The van der Waals surface area contributed by atoms with E-state index in [0.717, 1.165) is 0 Å². The van der Waals surface area contributed by atoms with E-state index >= 15 is 0 Å². The van der Waals surface area contributed by atoms with E-state index in [1.807, 2.05) is 0 Å². The van der Waals surface area contributed by atoms with Gasteiger partial charge in [0.15, 0.2) is 0 Å². The van der Waals surface area contributed by atoms with Crippen LogP contribution in [-0.2, 0) is 22.1 Å². The maximum absolute atomic E-state index is 4.99. The summed E-state index contributed by atoms with van der Waals surface area (Å²) < 4.78 is 0. The van der Waals surface area contributed by atoms with E-state index in [2.05, 4.69) is 260 Å². The van der Waals surface area contributed by atoms with Gasteiger partial charge >= 0.3 is 38.6 Å². The molecule has 6 aromatic carbocycles. The van der Waals surface area contributed by atoms with Crippen molar-refractivity contribution < 1.29 is 22.1 Å². The number of benzene rings is 6. The first-order chi connectivity index (χ1) is 28.1. The molecule has 0 saturated heterocycles. The minimum atomic E-state index is -1.14. The molecule has 0 aliphatic rings. The van der Waals surface area contributed by atoms with Crippen LogP contribution in [0.4, 0.5) is 34.1 Å². The SMILES string of the molecule is CN(C)c1ccc([PH+](c2ccc(N(C)C)cc2)c2ccc(N(C)C)cc2)cc1.CN(C)c1ccc([PH+](c2ccc(N(C)C)cc2)c2ccc(N(C)C)cc2)cc1.[Cl][Hg][Cl]. The summed E-state index contributed by atoms with van der Waals surface area (Å²) in [5.74, 6) is 0. The van der Waals surface area contributed by atoms with Crippen LogP contribution in [0.3, 0.4) is 0 Å². The molecule has 0 saturated carbocycles. The van der Waals surface area contributed by atoms with Crippen molar-refractivity contribution in [3.63, 3.8) is 0 Å². The Hall–Kier alpha value is -3.50. The third-order valence-electron chi connectivity index (χ3n) is 10.0. The quantitative estimate of drug-likeness (QED) is 0.0906. The summed E-state index contributed by atoms with van der Waals surface area (Å²) in [5.41, 5.74) is 7.39. The molecule has 59 heavy (non-hydrogen) atoms. The number of nitrogens with zero attached hydrogens (tertiary/aromatic N) is 6. The predicted octanol–water partition coefficient (Wildman–Crippen LogP) is 8.13. The van der Waals surface area contributed by atoms with Gasteiger partial charge in [-0.05, 0) is 146 Å². The van der Waals surface area contributed by atoms with E-state index in [-0.39, 0.29) is 0 Å². The third kappa shape index (κ3) is 13.8. The van der Waals surface area contributed by atoms with Gasteiger partial charge in [0.2, 0.25) is 0 Å². The standard InChI is InChI=1S/2C24H30N3P.2ClH.Hg/c2*1-25(2)19-7-13-22(14-8-19)28(23-15-9-20(10-16-23)26(3)4)24-17-11-21(12-18-24)27(5)6;;;/h2*7-18H,1-6H3;2*1H;/q;;;;+2. The Bertz CT molecular complexity index is 1710. The Morgan fingerprint density at radius 1 is 0.254 bits per heavy atom. The van der Waals surface area contributed by atoms with Gasteiger partial charge in [-0.25, -0.2) is 0 Å². The van der Waals surface area contributed by atoms with Crippen molar-refractivity contribution in [3.05, 3.63) is 146 Å². The fourth-order valence-corrected chi connectivity index (χ4v) is 11.6. The molecule has 6 rings (SSSR count). The first-order valence-electron chi connectivity index (χ1n) is 19.7. The van der Waals surface area contributed by atoms with Gasteiger partial charge in [-0.15, -0.1) is 0 Å². The van der Waals surface area contributed by atoms with Crippen molar-refractivity contribution in [1.82, 2.24) is 0 Å². The molecule has 0 aliphatic heterocycles. The molecule has 0 aromatic heterocycles. The van der Waals surface area contributed by atoms with Crippen LogP contribution in [0.5, 0.6) is 0 Å². The van der Waals surface area contributed by atoms with Gasteiger partial charge in [0.1, 0.15) is 31.8 Å². The molecule has 0 spiro atoms. The number of halogens is 2. The van der Waals surface area contributed by atoms with Gasteiger partial charge in [0.05, 0.1) is 15.8 Å². The Morgan fingerprint density at radius 3 is 0.441 bits per heavy atom. The molecule has 0 radical (unpaired) electrons. The van der Waals surface area contributed by atoms with E-state index in [0.29, 0.717) is 0 Å². The van der Waals surface area contributed by atoms with Crippen molar-refractivity contribution in [3.8, 4) is 0 Å². The van der Waals surface area contributed by atoms with Gasteiger partial charge in [-0.2, -0.15) is 0 Å². The second-order valence-corrected chi connectivity index (χ2v) is 28.3. The average Bonchev–Trinajstić information content (AvgIpc) is 3.23. The molecule has 0 atom stereocenters. The molecule has 6 nitrogen and oxygen atoms in total. The van der Waals surface area contributed by atoms with Crippen LogP contribution >= 0.6 is 32.3 Å². The first kappa shape index (κ1) is 48.2. The van der Waals surface area contributed by atoms with Crippen molar-refractivity contribution in [1.29, 1.82) is 0 Å². The fraction of sp³-hybridized carbons (Fsp3) is 0.250. The van der Waals surface area contributed by atoms with Crippen molar-refractivity contribution in [2.75, 3.05) is 114 Å². The van der Waals surface area contributed by atoms with E-state index in [1.165, 1.54) is 66.0 Å². The van der Waals surface area contributed by atoms with Gasteiger partial charge in [-0.3, -0.25) is 0 Å². The second-order valence-electron chi connectivity index (χ2n) is 15.5. The topological polar surface area (TPSA) is 19.4 Å². The zero-order valence-electron chi connectivity index (χ0n) is 37.0. The molecule has 0 unspecified atom stereocenters. The third-order valence-corrected chi connectivity index (χ3v) is 15.5. The monoisotopic (exact) mass is 1060 g/mol. The Labute approximate surface area is 377 Å². The molecule has 0 amide bonds. The number of hydrogen-bond acceptors (Lipinski definition) is 6. The van der Waals surface area contributed by atoms with Gasteiger partial charge in [0, 0.05) is 119 Å². The van der Waals surface area contributed by atoms with Crippen LogP contribution in [-0.4, -0.2) is 84.6 Å². The first-order valence-corrected chi connectivity index (χ1v) is 36.2. The van der Waals surface area contributed by atoms with Crippen molar-refractivity contribution >= 4 is 98.3 Å². The summed E-state index contributed by atoms with van der Waals surface area (Å²) in [6.45, 7) is 0. The summed E-state index contributed by atoms with van der Waals surface area (Å²) in [4.78, 5) is 12.9. The molecule has 0 heterocycles. The van der Waals surface area contributed by atoms with Crippen molar-refractivity contribution in [2.45, 2.75) is 0 Å². The fourth-order valence-electron chi connectivity index (χ4n) is 6.56. The predicted molar refractivity (Wildman–Crippen MR) is 271 cm³/mol. The summed E-state index contributed by atoms with van der Waals surface area (Å²) in [6, 6.07) is 54.2. The minimum absolute atomic E-state index is 1.06. The molecule has 0 fully saturated rings. The summed E-state index contributed by atoms with van der Waals surface area (Å²) >= 11 is -1.14. The molecule has 0 N–H and O–H groups in total. The molecule has 0 bridgehead atoms. The van der Waals surface area contributed by atoms with Crippen LogP contribution < -0.4 is 61.2 Å². The number of anilines is 6. The Morgan fingerprint density at radius 2 is 0.356 bits per heavy atom. The average molecular weight is 1060 g/mol. The Kier molecular flexibility index (Phi) is 19.2. The van der Waals surface area contributed by atoms with Gasteiger partial charge < -0.3 is 29.4 Å². The Balaban J connectivity index is 0.000000244. The van der Waals surface area contributed by atoms with E-state index in [1.54, 1.807) is 0 Å². The maximum atomic E-state index is 4.99. The zero-order chi connectivity index (χ0) is 43.2. The van der Waals surface area contributed by atoms with E-state index < -0.39 is 37.9 Å². The zero-order valence-corrected chi connectivity index (χ0v) is 46.0. The molecule has 11 heteroatoms. The van der Waals surface area contributed by atoms with Gasteiger partial charge in [-0.1, -0.05) is 0 Å². The molecule has 6 aromatic rings. The number of rotatable bonds is 12. The van der Waals surface area contributed by atoms with Crippen molar-refractivity contribution in [2.24, 2.45) is 0 Å². The van der Waals surface area contributed by atoms with Crippen LogP contribution in [0.1, 0.15) is 0 Å². The second kappa shape index (κ2) is 23.5. The summed E-state index contributed by atoms with van der Waals surface area (Å²) in [6.07, 6.45) is 0. The van der Waals surface area contributed by atoms with E-state index in [4.69, 9.17) is 16.5 Å². The molecule has 308 valence electrons. The summed E-state index contributed by atoms with van der Waals surface area (Å²) in [7, 11) is 32.9. The number of hydrogen-bond donors (Lipinski definition) is 0. The molecular weight excluding hydrogens is 994 g/mol. The van der Waals surface area contributed by atoms with Crippen LogP contribution in [0, 0.1) is 0 Å². The van der Waals surface area contributed by atoms with Crippen LogP contribution in [0.2, 0.25) is 0 Å².